The van der Waals surface area contributed by atoms with Crippen LogP contribution in [0.25, 0.3) is 0 Å². The molecule has 3 unspecified atom stereocenters. The van der Waals surface area contributed by atoms with Crippen LogP contribution in [-0.4, -0.2) is 67.3 Å². The molecule has 2 rings (SSSR count). The highest BCUT2D eigenvalue weighted by Gasteiger charge is 2.44. The highest BCUT2D eigenvalue weighted by molar-refractivity contribution is 5.00. The Hall–Kier alpha value is -0.160. The Balaban J connectivity index is 2.05. The molecular formula is C16H33N3O. The SMILES string of the molecule is CCC1(C)CC(CN)(N(C)CC2CCCN2C)CCO1. The molecule has 0 amide bonds. The van der Waals surface area contributed by atoms with Crippen LogP contribution < -0.4 is 5.73 Å². The van der Waals surface area contributed by atoms with E-state index in [1.165, 1.54) is 19.4 Å². The lowest BCUT2D eigenvalue weighted by Crippen LogP contribution is -2.61. The van der Waals surface area contributed by atoms with Gasteiger partial charge in [0.1, 0.15) is 0 Å². The Labute approximate surface area is 124 Å². The molecule has 0 aromatic carbocycles. The zero-order chi connectivity index (χ0) is 14.8. The Morgan fingerprint density at radius 3 is 2.75 bits per heavy atom. The normalized spacial score (nSPS) is 39.6. The number of rotatable bonds is 5. The summed E-state index contributed by atoms with van der Waals surface area (Å²) in [5.74, 6) is 0. The highest BCUT2D eigenvalue weighted by Crippen LogP contribution is 2.37. The van der Waals surface area contributed by atoms with Crippen LogP contribution in [0.2, 0.25) is 0 Å². The van der Waals surface area contributed by atoms with Crippen molar-refractivity contribution in [1.82, 2.24) is 9.80 Å². The molecule has 2 fully saturated rings. The van der Waals surface area contributed by atoms with Crippen LogP contribution in [0.4, 0.5) is 0 Å². The molecule has 0 aliphatic carbocycles. The third-order valence-electron chi connectivity index (χ3n) is 5.81. The van der Waals surface area contributed by atoms with Gasteiger partial charge in [-0.3, -0.25) is 4.90 Å². The van der Waals surface area contributed by atoms with Crippen LogP contribution in [0.5, 0.6) is 0 Å². The maximum Gasteiger partial charge on any atom is 0.0670 e. The number of ether oxygens (including phenoxy) is 1. The topological polar surface area (TPSA) is 41.7 Å². The highest BCUT2D eigenvalue weighted by atomic mass is 16.5. The minimum Gasteiger partial charge on any atom is -0.375 e. The molecule has 4 heteroatoms. The van der Waals surface area contributed by atoms with Gasteiger partial charge in [0.2, 0.25) is 0 Å². The molecule has 0 saturated carbocycles. The molecule has 0 bridgehead atoms. The molecule has 2 saturated heterocycles. The van der Waals surface area contributed by atoms with Crippen molar-refractivity contribution < 1.29 is 4.74 Å². The van der Waals surface area contributed by atoms with Crippen molar-refractivity contribution in [3.8, 4) is 0 Å². The molecule has 2 aliphatic rings. The van der Waals surface area contributed by atoms with Gasteiger partial charge in [-0.05, 0) is 59.7 Å². The number of hydrogen-bond donors (Lipinski definition) is 1. The van der Waals surface area contributed by atoms with E-state index in [4.69, 9.17) is 10.5 Å². The summed E-state index contributed by atoms with van der Waals surface area (Å²) in [4.78, 5) is 5.04. The first kappa shape index (κ1) is 16.2. The van der Waals surface area contributed by atoms with Gasteiger partial charge in [-0.2, -0.15) is 0 Å². The molecule has 2 heterocycles. The molecule has 0 radical (unpaired) electrons. The first-order valence-electron chi connectivity index (χ1n) is 8.20. The molecule has 118 valence electrons. The fourth-order valence-electron chi connectivity index (χ4n) is 3.93. The van der Waals surface area contributed by atoms with E-state index < -0.39 is 0 Å². The monoisotopic (exact) mass is 283 g/mol. The van der Waals surface area contributed by atoms with Crippen molar-refractivity contribution in [1.29, 1.82) is 0 Å². The van der Waals surface area contributed by atoms with Crippen molar-refractivity contribution in [2.45, 2.75) is 63.1 Å². The van der Waals surface area contributed by atoms with Crippen LogP contribution in [0.1, 0.15) is 46.0 Å². The molecule has 0 aromatic rings. The predicted octanol–water partition coefficient (Wildman–Crippen LogP) is 1.69. The maximum atomic E-state index is 6.21. The van der Waals surface area contributed by atoms with Crippen LogP contribution in [-0.2, 0) is 4.74 Å². The van der Waals surface area contributed by atoms with Crippen molar-refractivity contribution in [2.24, 2.45) is 5.73 Å². The Morgan fingerprint density at radius 1 is 1.45 bits per heavy atom. The number of hydrogen-bond acceptors (Lipinski definition) is 4. The third-order valence-corrected chi connectivity index (χ3v) is 5.81. The molecular weight excluding hydrogens is 250 g/mol. The van der Waals surface area contributed by atoms with Crippen molar-refractivity contribution in [3.05, 3.63) is 0 Å². The average molecular weight is 283 g/mol. The van der Waals surface area contributed by atoms with Crippen LogP contribution in [0, 0.1) is 0 Å². The summed E-state index contributed by atoms with van der Waals surface area (Å²) >= 11 is 0. The predicted molar refractivity (Wildman–Crippen MR) is 83.9 cm³/mol. The van der Waals surface area contributed by atoms with E-state index in [0.717, 1.165) is 39.0 Å². The third kappa shape index (κ3) is 3.19. The average Bonchev–Trinajstić information content (AvgIpc) is 2.84. The van der Waals surface area contributed by atoms with E-state index in [1.807, 2.05) is 0 Å². The summed E-state index contributed by atoms with van der Waals surface area (Å²) < 4.78 is 6.02. The van der Waals surface area contributed by atoms with Gasteiger partial charge in [-0.25, -0.2) is 0 Å². The maximum absolute atomic E-state index is 6.21. The number of likely N-dealkylation sites (tertiary alicyclic amines) is 1. The van der Waals surface area contributed by atoms with Gasteiger partial charge >= 0.3 is 0 Å². The minimum atomic E-state index is -0.00649. The molecule has 2 N–H and O–H groups in total. The Kier molecular flexibility index (Phi) is 5.11. The smallest absolute Gasteiger partial charge is 0.0670 e. The van der Waals surface area contributed by atoms with Gasteiger partial charge in [0, 0.05) is 31.3 Å². The summed E-state index contributed by atoms with van der Waals surface area (Å²) in [6, 6.07) is 0.694. The van der Waals surface area contributed by atoms with E-state index in [0.29, 0.717) is 6.04 Å². The number of nitrogens with two attached hydrogens (primary N) is 1. The summed E-state index contributed by atoms with van der Waals surface area (Å²) in [7, 11) is 4.52. The van der Waals surface area contributed by atoms with Gasteiger partial charge < -0.3 is 15.4 Å². The minimum absolute atomic E-state index is 0.00649. The number of likely N-dealkylation sites (N-methyl/N-ethyl adjacent to an activating group) is 2. The van der Waals surface area contributed by atoms with Gasteiger partial charge in [0.05, 0.1) is 5.60 Å². The van der Waals surface area contributed by atoms with Gasteiger partial charge in [-0.15, -0.1) is 0 Å². The standard InChI is InChI=1S/C16H33N3O/c1-5-15(2)12-16(13-17,8-10-20-15)19(4)11-14-7-6-9-18(14)3/h14H,5-13,17H2,1-4H3. The van der Waals surface area contributed by atoms with E-state index in [9.17, 15) is 0 Å². The van der Waals surface area contributed by atoms with Crippen molar-refractivity contribution in [3.63, 3.8) is 0 Å². The molecule has 0 spiro atoms. The van der Waals surface area contributed by atoms with E-state index in [-0.39, 0.29) is 11.1 Å². The van der Waals surface area contributed by atoms with Crippen LogP contribution >= 0.6 is 0 Å². The van der Waals surface area contributed by atoms with Gasteiger partial charge in [0.25, 0.3) is 0 Å². The molecule has 0 aromatic heterocycles. The summed E-state index contributed by atoms with van der Waals surface area (Å²) in [6.07, 6.45) is 5.83. The Morgan fingerprint density at radius 2 is 2.20 bits per heavy atom. The summed E-state index contributed by atoms with van der Waals surface area (Å²) in [5.41, 5.74) is 6.32. The Bertz CT molecular complexity index is 325. The fraction of sp³-hybridized carbons (Fsp3) is 1.00. The first-order valence-corrected chi connectivity index (χ1v) is 8.20. The van der Waals surface area contributed by atoms with Gasteiger partial charge in [-0.1, -0.05) is 6.92 Å². The zero-order valence-corrected chi connectivity index (χ0v) is 13.8. The largest absolute Gasteiger partial charge is 0.375 e. The van der Waals surface area contributed by atoms with Crippen molar-refractivity contribution >= 4 is 0 Å². The molecule has 2 aliphatic heterocycles. The van der Waals surface area contributed by atoms with E-state index >= 15 is 0 Å². The second kappa shape index (κ2) is 6.30. The molecule has 3 atom stereocenters. The number of nitrogens with zero attached hydrogens (tertiary/aromatic N) is 2. The van der Waals surface area contributed by atoms with Crippen LogP contribution in [0.15, 0.2) is 0 Å². The fourth-order valence-corrected chi connectivity index (χ4v) is 3.93. The van der Waals surface area contributed by atoms with Crippen LogP contribution in [0.3, 0.4) is 0 Å². The lowest BCUT2D eigenvalue weighted by Gasteiger charge is -2.51. The first-order chi connectivity index (χ1) is 9.45. The van der Waals surface area contributed by atoms with E-state index in [1.54, 1.807) is 0 Å². The quantitative estimate of drug-likeness (QED) is 0.834. The molecule has 20 heavy (non-hydrogen) atoms. The lowest BCUT2D eigenvalue weighted by atomic mass is 9.78. The second-order valence-electron chi connectivity index (χ2n) is 7.16. The second-order valence-corrected chi connectivity index (χ2v) is 7.16. The summed E-state index contributed by atoms with van der Waals surface area (Å²) in [5, 5.41) is 0. The van der Waals surface area contributed by atoms with E-state index in [2.05, 4.69) is 37.7 Å². The molecule has 4 nitrogen and oxygen atoms in total. The zero-order valence-electron chi connectivity index (χ0n) is 13.8. The summed E-state index contributed by atoms with van der Waals surface area (Å²) in [6.45, 7) is 8.41. The van der Waals surface area contributed by atoms with Gasteiger partial charge in [0.15, 0.2) is 0 Å². The lowest BCUT2D eigenvalue weighted by molar-refractivity contribution is -0.126. The van der Waals surface area contributed by atoms with Crippen molar-refractivity contribution in [2.75, 3.05) is 40.3 Å².